The monoisotopic (exact) mass is 370 g/mol. The molecule has 0 aliphatic carbocycles. The molecule has 0 spiro atoms. The smallest absolute Gasteiger partial charge is 0.310 e. The first-order valence-electron chi connectivity index (χ1n) is 8.57. The minimum Gasteiger partial charge on any atom is -0.484 e. The number of aryl methyl sites for hydroxylation is 1. The maximum atomic E-state index is 12.4. The van der Waals surface area contributed by atoms with Crippen LogP contribution in [0.4, 0.5) is 10.1 Å². The molecule has 0 aliphatic rings. The highest BCUT2D eigenvalue weighted by molar-refractivity contribution is 5.82. The standard InChI is InChI=1S/C20H19FN2O4/c1-2-13-3-6-17-14(9-13)4-7-18(22-17)15-5-8-19(23(25)26)20(10-15)27-12-16(24)11-21/h3-10,16,24H,2,11-12H2,1H3. The average Bonchev–Trinajstić information content (AvgIpc) is 2.70. The normalized spacial score (nSPS) is 12.1. The maximum Gasteiger partial charge on any atom is 0.310 e. The number of pyridine rings is 1. The largest absolute Gasteiger partial charge is 0.484 e. The number of aromatic nitrogens is 1. The first-order chi connectivity index (χ1) is 13.0. The number of ether oxygens (including phenoxy) is 1. The van der Waals surface area contributed by atoms with Crippen LogP contribution < -0.4 is 4.74 Å². The molecule has 0 bridgehead atoms. The van der Waals surface area contributed by atoms with Crippen LogP contribution >= 0.6 is 0 Å². The van der Waals surface area contributed by atoms with Gasteiger partial charge in [-0.15, -0.1) is 0 Å². The van der Waals surface area contributed by atoms with E-state index < -0.39 is 17.7 Å². The van der Waals surface area contributed by atoms with E-state index in [0.29, 0.717) is 11.3 Å². The van der Waals surface area contributed by atoms with Crippen LogP contribution in [-0.2, 0) is 6.42 Å². The van der Waals surface area contributed by atoms with Gasteiger partial charge in [0.2, 0.25) is 0 Å². The van der Waals surface area contributed by atoms with Crippen molar-refractivity contribution >= 4 is 16.6 Å². The fraction of sp³-hybridized carbons (Fsp3) is 0.250. The fourth-order valence-corrected chi connectivity index (χ4v) is 2.73. The van der Waals surface area contributed by atoms with Crippen LogP contribution in [0.2, 0.25) is 0 Å². The van der Waals surface area contributed by atoms with Crippen molar-refractivity contribution in [2.75, 3.05) is 13.3 Å². The Bertz CT molecular complexity index is 977. The van der Waals surface area contributed by atoms with Crippen molar-refractivity contribution in [1.29, 1.82) is 0 Å². The summed E-state index contributed by atoms with van der Waals surface area (Å²) in [7, 11) is 0. The molecular formula is C20H19FN2O4. The number of nitrogens with zero attached hydrogens (tertiary/aromatic N) is 2. The SMILES string of the molecule is CCc1ccc2nc(-c3ccc([N+](=O)[O-])c(OCC(O)CF)c3)ccc2c1. The molecule has 3 rings (SSSR count). The number of aliphatic hydroxyl groups excluding tert-OH is 1. The van der Waals surface area contributed by atoms with Crippen molar-refractivity contribution in [2.45, 2.75) is 19.4 Å². The summed E-state index contributed by atoms with van der Waals surface area (Å²) in [6.45, 7) is 0.729. The predicted octanol–water partition coefficient (Wildman–Crippen LogP) is 4.08. The molecule has 1 heterocycles. The number of halogens is 1. The third-order valence-corrected chi connectivity index (χ3v) is 4.22. The third-order valence-electron chi connectivity index (χ3n) is 4.22. The second-order valence-electron chi connectivity index (χ2n) is 6.14. The molecule has 6 nitrogen and oxygen atoms in total. The number of hydrogen-bond acceptors (Lipinski definition) is 5. The summed E-state index contributed by atoms with van der Waals surface area (Å²) in [5.74, 6) is -0.0340. The van der Waals surface area contributed by atoms with Crippen LogP contribution in [0.25, 0.3) is 22.2 Å². The minimum absolute atomic E-state index is 0.0340. The minimum atomic E-state index is -1.33. The number of nitro groups is 1. The lowest BCUT2D eigenvalue weighted by Gasteiger charge is -2.11. The summed E-state index contributed by atoms with van der Waals surface area (Å²) < 4.78 is 17.7. The van der Waals surface area contributed by atoms with E-state index in [2.05, 4.69) is 18.0 Å². The highest BCUT2D eigenvalue weighted by Gasteiger charge is 2.18. The number of alkyl halides is 1. The van der Waals surface area contributed by atoms with Crippen molar-refractivity contribution in [2.24, 2.45) is 0 Å². The number of rotatable bonds is 7. The van der Waals surface area contributed by atoms with Gasteiger partial charge in [-0.3, -0.25) is 10.1 Å². The Morgan fingerprint density at radius 1 is 1.22 bits per heavy atom. The van der Waals surface area contributed by atoms with Gasteiger partial charge in [-0.05, 0) is 42.3 Å². The first kappa shape index (κ1) is 18.7. The van der Waals surface area contributed by atoms with E-state index in [1.165, 1.54) is 17.7 Å². The predicted molar refractivity (Wildman–Crippen MR) is 101 cm³/mol. The lowest BCUT2D eigenvalue weighted by atomic mass is 10.1. The average molecular weight is 370 g/mol. The molecule has 1 atom stereocenters. The number of aliphatic hydroxyl groups is 1. The van der Waals surface area contributed by atoms with Crippen molar-refractivity contribution < 1.29 is 19.2 Å². The van der Waals surface area contributed by atoms with Crippen LogP contribution in [0.15, 0.2) is 48.5 Å². The van der Waals surface area contributed by atoms with E-state index in [1.807, 2.05) is 24.3 Å². The molecule has 1 N–H and O–H groups in total. The molecule has 0 amide bonds. The number of hydrogen-bond donors (Lipinski definition) is 1. The van der Waals surface area contributed by atoms with Crippen LogP contribution in [-0.4, -0.2) is 34.4 Å². The number of nitro benzene ring substituents is 1. The molecule has 140 valence electrons. The Balaban J connectivity index is 1.98. The lowest BCUT2D eigenvalue weighted by molar-refractivity contribution is -0.385. The lowest BCUT2D eigenvalue weighted by Crippen LogP contribution is -2.19. The summed E-state index contributed by atoms with van der Waals surface area (Å²) in [5, 5.41) is 21.5. The highest BCUT2D eigenvalue weighted by Crippen LogP contribution is 2.32. The van der Waals surface area contributed by atoms with Gasteiger partial charge in [-0.25, -0.2) is 9.37 Å². The molecule has 0 radical (unpaired) electrons. The highest BCUT2D eigenvalue weighted by atomic mass is 19.1. The second-order valence-corrected chi connectivity index (χ2v) is 6.14. The summed E-state index contributed by atoms with van der Waals surface area (Å²) in [5.41, 5.74) is 3.05. The molecule has 0 aliphatic heterocycles. The van der Waals surface area contributed by atoms with Gasteiger partial charge in [0.05, 0.1) is 16.1 Å². The maximum absolute atomic E-state index is 12.4. The molecule has 1 aromatic heterocycles. The molecule has 3 aromatic rings. The van der Waals surface area contributed by atoms with Gasteiger partial charge in [0.15, 0.2) is 5.75 Å². The molecule has 0 saturated carbocycles. The van der Waals surface area contributed by atoms with E-state index in [1.54, 1.807) is 6.07 Å². The van der Waals surface area contributed by atoms with Gasteiger partial charge < -0.3 is 9.84 Å². The van der Waals surface area contributed by atoms with Crippen molar-refractivity contribution in [3.8, 4) is 17.0 Å². The zero-order valence-electron chi connectivity index (χ0n) is 14.8. The van der Waals surface area contributed by atoms with Crippen LogP contribution in [0.5, 0.6) is 5.75 Å². The van der Waals surface area contributed by atoms with Crippen LogP contribution in [0.1, 0.15) is 12.5 Å². The van der Waals surface area contributed by atoms with E-state index in [0.717, 1.165) is 17.3 Å². The Morgan fingerprint density at radius 2 is 2.04 bits per heavy atom. The quantitative estimate of drug-likeness (QED) is 0.500. The first-order valence-corrected chi connectivity index (χ1v) is 8.57. The Hall–Kier alpha value is -3.06. The number of fused-ring (bicyclic) bond motifs is 1. The molecule has 0 saturated heterocycles. The molecule has 2 aromatic carbocycles. The van der Waals surface area contributed by atoms with Crippen molar-refractivity contribution in [3.63, 3.8) is 0 Å². The molecule has 27 heavy (non-hydrogen) atoms. The number of benzene rings is 2. The van der Waals surface area contributed by atoms with Crippen LogP contribution in [0.3, 0.4) is 0 Å². The van der Waals surface area contributed by atoms with Crippen molar-refractivity contribution in [1.82, 2.24) is 4.98 Å². The van der Waals surface area contributed by atoms with Gasteiger partial charge >= 0.3 is 5.69 Å². The fourth-order valence-electron chi connectivity index (χ4n) is 2.73. The molecule has 7 heteroatoms. The second kappa shape index (κ2) is 8.09. The summed E-state index contributed by atoms with van der Waals surface area (Å²) in [6.07, 6.45) is -0.398. The van der Waals surface area contributed by atoms with Gasteiger partial charge in [0.1, 0.15) is 19.4 Å². The molecule has 1 unspecified atom stereocenters. The Labute approximate surface area is 155 Å². The Morgan fingerprint density at radius 3 is 2.74 bits per heavy atom. The summed E-state index contributed by atoms with van der Waals surface area (Å²) in [4.78, 5) is 15.2. The van der Waals surface area contributed by atoms with E-state index >= 15 is 0 Å². The zero-order valence-corrected chi connectivity index (χ0v) is 14.8. The van der Waals surface area contributed by atoms with Gasteiger partial charge in [-0.1, -0.05) is 19.1 Å². The van der Waals surface area contributed by atoms with Gasteiger partial charge in [0, 0.05) is 17.0 Å². The zero-order chi connectivity index (χ0) is 19.4. The molecular weight excluding hydrogens is 351 g/mol. The van der Waals surface area contributed by atoms with Gasteiger partial charge in [0.25, 0.3) is 0 Å². The summed E-state index contributed by atoms with van der Waals surface area (Å²) >= 11 is 0. The van der Waals surface area contributed by atoms with E-state index in [9.17, 15) is 19.6 Å². The van der Waals surface area contributed by atoms with Crippen molar-refractivity contribution in [3.05, 3.63) is 64.2 Å². The van der Waals surface area contributed by atoms with Gasteiger partial charge in [-0.2, -0.15) is 0 Å². The summed E-state index contributed by atoms with van der Waals surface area (Å²) in [6, 6.07) is 14.2. The topological polar surface area (TPSA) is 85.5 Å². The Kier molecular flexibility index (Phi) is 5.61. The van der Waals surface area contributed by atoms with E-state index in [4.69, 9.17) is 4.74 Å². The third kappa shape index (κ3) is 4.20. The molecule has 0 fully saturated rings. The van der Waals surface area contributed by atoms with E-state index in [-0.39, 0.29) is 18.0 Å². The van der Waals surface area contributed by atoms with Crippen LogP contribution in [0, 0.1) is 10.1 Å².